The molecule has 0 fully saturated rings. The van der Waals surface area contributed by atoms with E-state index in [-0.39, 0.29) is 11.4 Å². The van der Waals surface area contributed by atoms with Gasteiger partial charge in [0.15, 0.2) is 0 Å². The van der Waals surface area contributed by atoms with E-state index in [1.165, 1.54) is 30.3 Å². The maximum atomic E-state index is 11.6. The molecule has 3 aromatic carbocycles. The molecule has 0 N–H and O–H groups in total. The van der Waals surface area contributed by atoms with Gasteiger partial charge in [-0.3, -0.25) is 30.3 Å². The molecule has 0 aliphatic carbocycles. The van der Waals surface area contributed by atoms with E-state index in [4.69, 9.17) is 0 Å². The first-order valence-corrected chi connectivity index (χ1v) is 7.99. The highest BCUT2D eigenvalue weighted by atomic mass is 16.6. The standard InChI is InChI=1S/C18H10N4O6/c23-20(24)11-5-7-16-14(9-11)13-3-1-2-4-15(13)19(16)17-8-6-12(21(25)26)10-18(17)22(27)28/h1-10H. The van der Waals surface area contributed by atoms with E-state index in [0.717, 1.165) is 6.07 Å². The number of rotatable bonds is 4. The van der Waals surface area contributed by atoms with Crippen LogP contribution in [0.3, 0.4) is 0 Å². The fourth-order valence-corrected chi connectivity index (χ4v) is 3.29. The zero-order chi connectivity index (χ0) is 20.0. The summed E-state index contributed by atoms with van der Waals surface area (Å²) >= 11 is 0. The lowest BCUT2D eigenvalue weighted by Gasteiger charge is -2.08. The average Bonchev–Trinajstić information content (AvgIpc) is 3.01. The van der Waals surface area contributed by atoms with Crippen LogP contribution in [0.1, 0.15) is 0 Å². The van der Waals surface area contributed by atoms with E-state index >= 15 is 0 Å². The molecule has 0 amide bonds. The molecule has 4 aromatic rings. The summed E-state index contributed by atoms with van der Waals surface area (Å²) in [6, 6.07) is 14.6. The van der Waals surface area contributed by atoms with Gasteiger partial charge in [0.05, 0.1) is 31.9 Å². The van der Waals surface area contributed by atoms with Crippen molar-refractivity contribution in [2.24, 2.45) is 0 Å². The quantitative estimate of drug-likeness (QED) is 0.379. The van der Waals surface area contributed by atoms with Crippen LogP contribution in [0.5, 0.6) is 0 Å². The molecule has 4 rings (SSSR count). The first kappa shape index (κ1) is 17.1. The van der Waals surface area contributed by atoms with Gasteiger partial charge in [-0.15, -0.1) is 0 Å². The molecule has 10 heteroatoms. The third-order valence-corrected chi connectivity index (χ3v) is 4.47. The number of nitro groups is 3. The van der Waals surface area contributed by atoms with Crippen molar-refractivity contribution in [1.82, 2.24) is 4.57 Å². The Morgan fingerprint density at radius 2 is 1.25 bits per heavy atom. The molecule has 0 bridgehead atoms. The van der Waals surface area contributed by atoms with Crippen LogP contribution in [0.2, 0.25) is 0 Å². The van der Waals surface area contributed by atoms with E-state index < -0.39 is 26.1 Å². The number of aromatic nitrogens is 1. The maximum absolute atomic E-state index is 11.6. The van der Waals surface area contributed by atoms with E-state index in [9.17, 15) is 30.3 Å². The summed E-state index contributed by atoms with van der Waals surface area (Å²) in [4.78, 5) is 31.8. The summed E-state index contributed by atoms with van der Waals surface area (Å²) < 4.78 is 1.58. The van der Waals surface area contributed by atoms with Crippen LogP contribution in [0, 0.1) is 30.3 Å². The Balaban J connectivity index is 2.13. The van der Waals surface area contributed by atoms with Crippen LogP contribution < -0.4 is 0 Å². The molecule has 0 saturated carbocycles. The Morgan fingerprint density at radius 3 is 1.93 bits per heavy atom. The highest BCUT2D eigenvalue weighted by molar-refractivity contribution is 6.10. The number of nitrogens with zero attached hydrogens (tertiary/aromatic N) is 4. The van der Waals surface area contributed by atoms with Gasteiger partial charge in [-0.25, -0.2) is 0 Å². The van der Waals surface area contributed by atoms with Crippen molar-refractivity contribution in [2.45, 2.75) is 0 Å². The van der Waals surface area contributed by atoms with Crippen molar-refractivity contribution >= 4 is 38.9 Å². The summed E-state index contributed by atoms with van der Waals surface area (Å²) in [5, 5.41) is 35.0. The first-order valence-electron chi connectivity index (χ1n) is 7.99. The van der Waals surface area contributed by atoms with Crippen LogP contribution in [0.15, 0.2) is 60.7 Å². The Hall–Kier alpha value is -4.34. The van der Waals surface area contributed by atoms with Gasteiger partial charge in [0.25, 0.3) is 17.1 Å². The molecule has 0 spiro atoms. The normalized spacial score (nSPS) is 11.0. The van der Waals surface area contributed by atoms with Crippen LogP contribution >= 0.6 is 0 Å². The lowest BCUT2D eigenvalue weighted by atomic mass is 10.1. The van der Waals surface area contributed by atoms with Crippen LogP contribution in [-0.2, 0) is 0 Å². The smallest absolute Gasteiger partial charge is 0.300 e. The lowest BCUT2D eigenvalue weighted by molar-refractivity contribution is -0.394. The van der Waals surface area contributed by atoms with E-state index in [1.807, 2.05) is 0 Å². The molecule has 0 atom stereocenters. The van der Waals surface area contributed by atoms with Gasteiger partial charge in [-0.2, -0.15) is 0 Å². The number of hydrogen-bond acceptors (Lipinski definition) is 6. The third-order valence-electron chi connectivity index (χ3n) is 4.47. The number of para-hydroxylation sites is 1. The number of non-ortho nitro benzene ring substituents is 2. The molecule has 0 aliphatic rings. The minimum absolute atomic E-state index is 0.103. The van der Waals surface area contributed by atoms with Crippen molar-refractivity contribution in [3.8, 4) is 5.69 Å². The molecular weight excluding hydrogens is 368 g/mol. The second-order valence-electron chi connectivity index (χ2n) is 6.00. The van der Waals surface area contributed by atoms with E-state index in [1.54, 1.807) is 28.8 Å². The summed E-state index contributed by atoms with van der Waals surface area (Å²) in [7, 11) is 0. The summed E-state index contributed by atoms with van der Waals surface area (Å²) in [5.74, 6) is 0. The van der Waals surface area contributed by atoms with Gasteiger partial charge < -0.3 is 4.57 Å². The van der Waals surface area contributed by atoms with Gasteiger partial charge in [-0.1, -0.05) is 18.2 Å². The highest BCUT2D eigenvalue weighted by Crippen LogP contribution is 2.37. The van der Waals surface area contributed by atoms with Crippen LogP contribution in [0.4, 0.5) is 17.1 Å². The fourth-order valence-electron chi connectivity index (χ4n) is 3.29. The summed E-state index contributed by atoms with van der Waals surface area (Å²) in [6.45, 7) is 0. The summed E-state index contributed by atoms with van der Waals surface area (Å²) in [5.41, 5.74) is 0.310. The molecule has 0 aliphatic heterocycles. The predicted octanol–water partition coefficient (Wildman–Crippen LogP) is 4.51. The third kappa shape index (κ3) is 2.51. The molecule has 1 aromatic heterocycles. The van der Waals surface area contributed by atoms with Crippen molar-refractivity contribution in [1.29, 1.82) is 0 Å². The molecular formula is C18H10N4O6. The zero-order valence-electron chi connectivity index (χ0n) is 14.0. The van der Waals surface area contributed by atoms with Crippen LogP contribution in [0.25, 0.3) is 27.5 Å². The molecule has 138 valence electrons. The molecule has 28 heavy (non-hydrogen) atoms. The SMILES string of the molecule is O=[N+]([O-])c1ccc(-n2c3ccccc3c3cc([N+](=O)[O-])ccc32)c([N+](=O)[O-])c1. The van der Waals surface area contributed by atoms with Crippen molar-refractivity contribution < 1.29 is 14.8 Å². The van der Waals surface area contributed by atoms with Gasteiger partial charge in [0.1, 0.15) is 5.69 Å². The monoisotopic (exact) mass is 378 g/mol. The second-order valence-corrected chi connectivity index (χ2v) is 6.00. The highest BCUT2D eigenvalue weighted by Gasteiger charge is 2.24. The molecule has 10 nitrogen and oxygen atoms in total. The minimum atomic E-state index is -0.702. The van der Waals surface area contributed by atoms with Gasteiger partial charge in [0, 0.05) is 29.0 Å². The van der Waals surface area contributed by atoms with E-state index in [0.29, 0.717) is 21.8 Å². The molecule has 0 unspecified atom stereocenters. The molecule has 0 radical (unpaired) electrons. The lowest BCUT2D eigenvalue weighted by Crippen LogP contribution is -2.01. The predicted molar refractivity (Wildman–Crippen MR) is 101 cm³/mol. The Bertz CT molecular complexity index is 1310. The Labute approximate surface area is 155 Å². The van der Waals surface area contributed by atoms with Crippen molar-refractivity contribution in [3.63, 3.8) is 0 Å². The number of nitro benzene ring substituents is 3. The van der Waals surface area contributed by atoms with Gasteiger partial charge in [0.2, 0.25) is 0 Å². The van der Waals surface area contributed by atoms with E-state index in [2.05, 4.69) is 0 Å². The summed E-state index contributed by atoms with van der Waals surface area (Å²) in [6.07, 6.45) is 0. The minimum Gasteiger partial charge on any atom is -0.303 e. The number of benzene rings is 3. The zero-order valence-corrected chi connectivity index (χ0v) is 14.0. The van der Waals surface area contributed by atoms with Crippen molar-refractivity contribution in [3.05, 3.63) is 91.0 Å². The van der Waals surface area contributed by atoms with Crippen LogP contribution in [-0.4, -0.2) is 19.3 Å². The molecule has 1 heterocycles. The number of hydrogen-bond donors (Lipinski definition) is 0. The topological polar surface area (TPSA) is 134 Å². The number of fused-ring (bicyclic) bond motifs is 3. The average molecular weight is 378 g/mol. The first-order chi connectivity index (χ1) is 13.4. The Morgan fingerprint density at radius 1 is 0.643 bits per heavy atom. The largest absolute Gasteiger partial charge is 0.303 e. The molecule has 0 saturated heterocycles. The Kier molecular flexibility index (Phi) is 3.74. The second kappa shape index (κ2) is 6.13. The van der Waals surface area contributed by atoms with Gasteiger partial charge >= 0.3 is 0 Å². The fraction of sp³-hybridized carbons (Fsp3) is 0. The van der Waals surface area contributed by atoms with Gasteiger partial charge in [-0.05, 0) is 18.2 Å². The maximum Gasteiger partial charge on any atom is 0.300 e. The van der Waals surface area contributed by atoms with Crippen molar-refractivity contribution in [2.75, 3.05) is 0 Å².